The van der Waals surface area contributed by atoms with Gasteiger partial charge < -0.3 is 10.1 Å². The molecule has 1 aliphatic heterocycles. The minimum atomic E-state index is -0.200. The Morgan fingerprint density at radius 3 is 3.00 bits per heavy atom. The van der Waals surface area contributed by atoms with Gasteiger partial charge >= 0.3 is 0 Å². The number of hydrogen-bond acceptors (Lipinski definition) is 2. The van der Waals surface area contributed by atoms with Crippen LogP contribution in [0.2, 0.25) is 0 Å². The minimum absolute atomic E-state index is 0.200. The molecule has 1 N–H and O–H groups in total. The van der Waals surface area contributed by atoms with Gasteiger partial charge in [-0.3, -0.25) is 0 Å². The van der Waals surface area contributed by atoms with Crippen molar-refractivity contribution in [2.45, 2.75) is 18.9 Å². The number of hydrogen-bond donors (Lipinski definition) is 1. The minimum Gasteiger partial charge on any atom is -0.496 e. The van der Waals surface area contributed by atoms with E-state index < -0.39 is 0 Å². The second-order valence-electron chi connectivity index (χ2n) is 3.54. The number of benzene rings is 1. The van der Waals surface area contributed by atoms with E-state index in [-0.39, 0.29) is 11.9 Å². The van der Waals surface area contributed by atoms with Crippen molar-refractivity contribution >= 4 is 0 Å². The summed E-state index contributed by atoms with van der Waals surface area (Å²) in [6.07, 6.45) is 2.20. The Morgan fingerprint density at radius 1 is 1.50 bits per heavy atom. The normalized spacial score (nSPS) is 21.1. The molecule has 1 saturated heterocycles. The Hall–Kier alpha value is -1.09. The molecule has 0 unspecified atom stereocenters. The van der Waals surface area contributed by atoms with Crippen LogP contribution in [0.5, 0.6) is 5.75 Å². The zero-order valence-corrected chi connectivity index (χ0v) is 8.22. The highest BCUT2D eigenvalue weighted by atomic mass is 19.1. The van der Waals surface area contributed by atoms with Crippen LogP contribution in [0.25, 0.3) is 0 Å². The summed E-state index contributed by atoms with van der Waals surface area (Å²) in [5, 5.41) is 3.33. The molecule has 1 heterocycles. The number of nitrogens with one attached hydrogen (secondary N) is 1. The lowest BCUT2D eigenvalue weighted by atomic mass is 10.0. The SMILES string of the molecule is COc1ccc(F)cc1[C@H]1CCCN1. The van der Waals surface area contributed by atoms with Crippen molar-refractivity contribution in [3.8, 4) is 5.75 Å². The van der Waals surface area contributed by atoms with Crippen LogP contribution in [0.1, 0.15) is 24.4 Å². The Bertz CT molecular complexity index is 321. The van der Waals surface area contributed by atoms with Crippen LogP contribution in [-0.4, -0.2) is 13.7 Å². The zero-order valence-electron chi connectivity index (χ0n) is 8.22. The molecule has 0 aliphatic carbocycles. The molecular weight excluding hydrogens is 181 g/mol. The Balaban J connectivity index is 2.33. The van der Waals surface area contributed by atoms with E-state index in [1.54, 1.807) is 19.2 Å². The van der Waals surface area contributed by atoms with Crippen LogP contribution in [-0.2, 0) is 0 Å². The zero-order chi connectivity index (χ0) is 9.97. The van der Waals surface area contributed by atoms with E-state index in [2.05, 4.69) is 5.32 Å². The largest absolute Gasteiger partial charge is 0.496 e. The second-order valence-corrected chi connectivity index (χ2v) is 3.54. The van der Waals surface area contributed by atoms with Crippen LogP contribution in [0.15, 0.2) is 18.2 Å². The van der Waals surface area contributed by atoms with Gasteiger partial charge in [-0.2, -0.15) is 0 Å². The van der Waals surface area contributed by atoms with Gasteiger partial charge in [0.25, 0.3) is 0 Å². The molecule has 2 nitrogen and oxygen atoms in total. The van der Waals surface area contributed by atoms with Crippen LogP contribution >= 0.6 is 0 Å². The topological polar surface area (TPSA) is 21.3 Å². The lowest BCUT2D eigenvalue weighted by Gasteiger charge is -2.14. The second kappa shape index (κ2) is 3.96. The smallest absolute Gasteiger partial charge is 0.123 e. The fourth-order valence-corrected chi connectivity index (χ4v) is 1.93. The quantitative estimate of drug-likeness (QED) is 0.781. The van der Waals surface area contributed by atoms with E-state index in [0.29, 0.717) is 0 Å². The van der Waals surface area contributed by atoms with Gasteiger partial charge in [-0.15, -0.1) is 0 Å². The molecule has 2 rings (SSSR count). The fourth-order valence-electron chi connectivity index (χ4n) is 1.93. The summed E-state index contributed by atoms with van der Waals surface area (Å²) in [6.45, 7) is 1.00. The van der Waals surface area contributed by atoms with Gasteiger partial charge in [-0.1, -0.05) is 0 Å². The average molecular weight is 195 g/mol. The molecule has 0 bridgehead atoms. The first kappa shape index (κ1) is 9.46. The van der Waals surface area contributed by atoms with E-state index >= 15 is 0 Å². The molecular formula is C11H14FNO. The molecule has 1 aromatic rings. The van der Waals surface area contributed by atoms with Gasteiger partial charge in [0.2, 0.25) is 0 Å². The first-order chi connectivity index (χ1) is 6.81. The first-order valence-electron chi connectivity index (χ1n) is 4.88. The van der Waals surface area contributed by atoms with Gasteiger partial charge in [0.1, 0.15) is 11.6 Å². The summed E-state index contributed by atoms with van der Waals surface area (Å²) in [6, 6.07) is 4.92. The van der Waals surface area contributed by atoms with Crippen molar-refractivity contribution in [1.82, 2.24) is 5.32 Å². The molecule has 0 saturated carbocycles. The molecule has 0 spiro atoms. The number of rotatable bonds is 2. The Morgan fingerprint density at radius 2 is 2.36 bits per heavy atom. The van der Waals surface area contributed by atoms with Crippen molar-refractivity contribution in [1.29, 1.82) is 0 Å². The third-order valence-electron chi connectivity index (χ3n) is 2.63. The summed E-state index contributed by atoms with van der Waals surface area (Å²) in [5.41, 5.74) is 0.935. The van der Waals surface area contributed by atoms with Crippen molar-refractivity contribution in [2.75, 3.05) is 13.7 Å². The van der Waals surface area contributed by atoms with Gasteiger partial charge in [-0.05, 0) is 37.6 Å². The predicted octanol–water partition coefficient (Wildman–Crippen LogP) is 2.26. The lowest BCUT2D eigenvalue weighted by Crippen LogP contribution is -2.14. The molecule has 1 aliphatic rings. The highest BCUT2D eigenvalue weighted by Crippen LogP contribution is 2.31. The molecule has 14 heavy (non-hydrogen) atoms. The lowest BCUT2D eigenvalue weighted by molar-refractivity contribution is 0.401. The van der Waals surface area contributed by atoms with Crippen LogP contribution in [0.4, 0.5) is 4.39 Å². The maximum Gasteiger partial charge on any atom is 0.123 e. The maximum absolute atomic E-state index is 13.1. The number of methoxy groups -OCH3 is 1. The Labute approximate surface area is 83.1 Å². The van der Waals surface area contributed by atoms with Crippen molar-refractivity contribution < 1.29 is 9.13 Å². The predicted molar refractivity (Wildman–Crippen MR) is 52.9 cm³/mol. The van der Waals surface area contributed by atoms with E-state index in [0.717, 1.165) is 30.7 Å². The van der Waals surface area contributed by atoms with Crippen LogP contribution in [0, 0.1) is 5.82 Å². The molecule has 1 aromatic carbocycles. The monoisotopic (exact) mass is 195 g/mol. The molecule has 0 radical (unpaired) electrons. The average Bonchev–Trinajstić information content (AvgIpc) is 2.70. The third kappa shape index (κ3) is 1.73. The standard InChI is InChI=1S/C11H14FNO/c1-14-11-5-4-8(12)7-9(11)10-3-2-6-13-10/h4-5,7,10,13H,2-3,6H2,1H3/t10-/m1/s1. The van der Waals surface area contributed by atoms with Gasteiger partial charge in [-0.25, -0.2) is 4.39 Å². The summed E-state index contributed by atoms with van der Waals surface area (Å²) >= 11 is 0. The van der Waals surface area contributed by atoms with E-state index in [1.807, 2.05) is 0 Å². The molecule has 76 valence electrons. The summed E-state index contributed by atoms with van der Waals surface area (Å²) in [5.74, 6) is 0.570. The van der Waals surface area contributed by atoms with E-state index in [1.165, 1.54) is 6.07 Å². The van der Waals surface area contributed by atoms with E-state index in [4.69, 9.17) is 4.74 Å². The third-order valence-corrected chi connectivity index (χ3v) is 2.63. The number of ether oxygens (including phenoxy) is 1. The Kier molecular flexibility index (Phi) is 2.68. The molecule has 1 atom stereocenters. The fraction of sp³-hybridized carbons (Fsp3) is 0.455. The highest BCUT2D eigenvalue weighted by molar-refractivity contribution is 5.36. The first-order valence-corrected chi connectivity index (χ1v) is 4.88. The van der Waals surface area contributed by atoms with Crippen LogP contribution < -0.4 is 10.1 Å². The summed E-state index contributed by atoms with van der Waals surface area (Å²) in [4.78, 5) is 0. The van der Waals surface area contributed by atoms with Gasteiger partial charge in [0.05, 0.1) is 7.11 Å². The van der Waals surface area contributed by atoms with Crippen LogP contribution in [0.3, 0.4) is 0 Å². The van der Waals surface area contributed by atoms with E-state index in [9.17, 15) is 4.39 Å². The molecule has 0 amide bonds. The molecule has 3 heteroatoms. The van der Waals surface area contributed by atoms with Crippen molar-refractivity contribution in [3.63, 3.8) is 0 Å². The molecule has 1 fully saturated rings. The summed E-state index contributed by atoms with van der Waals surface area (Å²) in [7, 11) is 1.62. The van der Waals surface area contributed by atoms with Gasteiger partial charge in [0.15, 0.2) is 0 Å². The summed E-state index contributed by atoms with van der Waals surface area (Å²) < 4.78 is 18.3. The van der Waals surface area contributed by atoms with Gasteiger partial charge in [0, 0.05) is 11.6 Å². The highest BCUT2D eigenvalue weighted by Gasteiger charge is 2.20. The molecule has 0 aromatic heterocycles. The van der Waals surface area contributed by atoms with Crippen molar-refractivity contribution in [2.24, 2.45) is 0 Å². The van der Waals surface area contributed by atoms with Crippen molar-refractivity contribution in [3.05, 3.63) is 29.6 Å². The maximum atomic E-state index is 13.1. The number of halogens is 1.